The van der Waals surface area contributed by atoms with Crippen molar-refractivity contribution in [3.05, 3.63) is 71.8 Å². The summed E-state index contributed by atoms with van der Waals surface area (Å²) in [5.74, 6) is 0. The summed E-state index contributed by atoms with van der Waals surface area (Å²) in [5.41, 5.74) is 2.71. The molecule has 0 aliphatic carbocycles. The van der Waals surface area contributed by atoms with Crippen LogP contribution < -0.4 is 0 Å². The summed E-state index contributed by atoms with van der Waals surface area (Å²) in [6.45, 7) is 6.49. The normalized spacial score (nSPS) is 13.3. The molecule has 2 atom stereocenters. The molecule has 0 saturated heterocycles. The van der Waals surface area contributed by atoms with Crippen LogP contribution in [0.3, 0.4) is 0 Å². The van der Waals surface area contributed by atoms with Gasteiger partial charge in [-0.3, -0.25) is 4.90 Å². The Kier molecular flexibility index (Phi) is 16.1. The highest BCUT2D eigenvalue weighted by atomic mass is 35.5. The number of nitrogens with zero attached hydrogens (tertiary/aromatic N) is 1. The number of alkyl halides is 1. The predicted molar refractivity (Wildman–Crippen MR) is 152 cm³/mol. The van der Waals surface area contributed by atoms with Gasteiger partial charge in [0, 0.05) is 24.5 Å². The molecule has 1 nitrogen and oxygen atoms in total. The summed E-state index contributed by atoms with van der Waals surface area (Å²) in [6.07, 6.45) is 19.3. The van der Waals surface area contributed by atoms with Crippen LogP contribution in [0.4, 0.5) is 0 Å². The molecule has 190 valence electrons. The first-order chi connectivity index (χ1) is 16.7. The molecule has 0 heterocycles. The van der Waals surface area contributed by atoms with Crippen LogP contribution in [0.15, 0.2) is 60.7 Å². The third-order valence-corrected chi connectivity index (χ3v) is 7.72. The van der Waals surface area contributed by atoms with Gasteiger partial charge in [-0.15, -0.1) is 11.6 Å². The molecule has 34 heavy (non-hydrogen) atoms. The van der Waals surface area contributed by atoms with Gasteiger partial charge >= 0.3 is 0 Å². The maximum atomic E-state index is 6.96. The minimum absolute atomic E-state index is 0.195. The second-order valence-corrected chi connectivity index (χ2v) is 10.7. The number of rotatable bonds is 20. The lowest BCUT2D eigenvalue weighted by Gasteiger charge is -2.32. The van der Waals surface area contributed by atoms with Crippen LogP contribution in [0.5, 0.6) is 0 Å². The van der Waals surface area contributed by atoms with E-state index in [-0.39, 0.29) is 5.38 Å². The SMILES string of the molecule is CCCCCCCCCCCCCCCC(Cl)C(C)N(Cc1ccccc1)Cc1ccccc1. The van der Waals surface area contributed by atoms with Gasteiger partial charge in [-0.2, -0.15) is 0 Å². The highest BCUT2D eigenvalue weighted by molar-refractivity contribution is 6.21. The molecule has 0 aliphatic rings. The summed E-state index contributed by atoms with van der Waals surface area (Å²) < 4.78 is 0. The first-order valence-corrected chi connectivity index (χ1v) is 14.6. The summed E-state index contributed by atoms with van der Waals surface area (Å²) in [6, 6.07) is 21.9. The summed E-state index contributed by atoms with van der Waals surface area (Å²) in [7, 11) is 0. The van der Waals surface area contributed by atoms with Gasteiger partial charge in [-0.1, -0.05) is 151 Å². The Morgan fingerprint density at radius 1 is 0.588 bits per heavy atom. The number of unbranched alkanes of at least 4 members (excludes halogenated alkanes) is 12. The maximum Gasteiger partial charge on any atom is 0.0489 e. The third-order valence-electron chi connectivity index (χ3n) is 7.14. The lowest BCUT2D eigenvalue weighted by atomic mass is 10.0. The van der Waals surface area contributed by atoms with Crippen molar-refractivity contribution in [1.29, 1.82) is 0 Å². The largest absolute Gasteiger partial charge is 0.291 e. The minimum atomic E-state index is 0.195. The zero-order valence-corrected chi connectivity index (χ0v) is 22.8. The summed E-state index contributed by atoms with van der Waals surface area (Å²) in [4.78, 5) is 2.55. The molecule has 0 spiro atoms. The van der Waals surface area contributed by atoms with Gasteiger partial charge in [0.25, 0.3) is 0 Å². The van der Waals surface area contributed by atoms with Crippen molar-refractivity contribution in [3.8, 4) is 0 Å². The molecule has 2 aromatic carbocycles. The Balaban J connectivity index is 1.63. The van der Waals surface area contributed by atoms with Crippen LogP contribution in [0.2, 0.25) is 0 Å². The van der Waals surface area contributed by atoms with E-state index in [1.54, 1.807) is 0 Å². The number of halogens is 1. The predicted octanol–water partition coefficient (Wildman–Crippen LogP) is 10.2. The topological polar surface area (TPSA) is 3.24 Å². The lowest BCUT2D eigenvalue weighted by Crippen LogP contribution is -2.38. The van der Waals surface area contributed by atoms with E-state index in [0.717, 1.165) is 19.5 Å². The second kappa shape index (κ2) is 18.9. The van der Waals surface area contributed by atoms with Crippen LogP contribution in [0, 0.1) is 0 Å². The van der Waals surface area contributed by atoms with Gasteiger partial charge in [0.05, 0.1) is 0 Å². The molecule has 0 bridgehead atoms. The molecule has 2 heteroatoms. The van der Waals surface area contributed by atoms with Crippen LogP contribution >= 0.6 is 11.6 Å². The van der Waals surface area contributed by atoms with Crippen molar-refractivity contribution in [2.45, 2.75) is 128 Å². The van der Waals surface area contributed by atoms with Crippen molar-refractivity contribution >= 4 is 11.6 Å². The fraction of sp³-hybridized carbons (Fsp3) is 0.625. The van der Waals surface area contributed by atoms with Crippen molar-refractivity contribution in [1.82, 2.24) is 4.90 Å². The van der Waals surface area contributed by atoms with Crippen LogP contribution in [-0.4, -0.2) is 16.3 Å². The van der Waals surface area contributed by atoms with Crippen LogP contribution in [-0.2, 0) is 13.1 Å². The summed E-state index contributed by atoms with van der Waals surface area (Å²) in [5, 5.41) is 0.195. The molecule has 2 rings (SSSR count). The Morgan fingerprint density at radius 2 is 0.971 bits per heavy atom. The average molecular weight is 484 g/mol. The Hall–Kier alpha value is -1.31. The molecule has 0 saturated carbocycles. The first-order valence-electron chi connectivity index (χ1n) is 14.2. The van der Waals surface area contributed by atoms with E-state index in [9.17, 15) is 0 Å². The Labute approximate surface area is 216 Å². The smallest absolute Gasteiger partial charge is 0.0489 e. The van der Waals surface area contributed by atoms with Crippen molar-refractivity contribution < 1.29 is 0 Å². The van der Waals surface area contributed by atoms with Crippen molar-refractivity contribution in [2.75, 3.05) is 0 Å². The van der Waals surface area contributed by atoms with E-state index in [2.05, 4.69) is 79.4 Å². The molecule has 0 N–H and O–H groups in total. The molecule has 2 aromatic rings. The first kappa shape index (κ1) is 28.9. The van der Waals surface area contributed by atoms with Crippen LogP contribution in [0.1, 0.15) is 115 Å². The van der Waals surface area contributed by atoms with Gasteiger partial charge in [0.1, 0.15) is 0 Å². The molecule has 2 unspecified atom stereocenters. The van der Waals surface area contributed by atoms with Crippen LogP contribution in [0.25, 0.3) is 0 Å². The summed E-state index contributed by atoms with van der Waals surface area (Å²) >= 11 is 6.96. The molecule has 0 aliphatic heterocycles. The van der Waals surface area contributed by atoms with Crippen molar-refractivity contribution in [3.63, 3.8) is 0 Å². The second-order valence-electron chi connectivity index (χ2n) is 10.2. The quantitative estimate of drug-likeness (QED) is 0.134. The fourth-order valence-corrected chi connectivity index (χ4v) is 5.12. The van der Waals surface area contributed by atoms with Gasteiger partial charge in [0.2, 0.25) is 0 Å². The number of hydrogen-bond acceptors (Lipinski definition) is 1. The highest BCUT2D eigenvalue weighted by Gasteiger charge is 2.22. The highest BCUT2D eigenvalue weighted by Crippen LogP contribution is 2.22. The molecule has 0 radical (unpaired) electrons. The number of hydrogen-bond donors (Lipinski definition) is 0. The van der Waals surface area contributed by atoms with E-state index >= 15 is 0 Å². The molecule has 0 amide bonds. The maximum absolute atomic E-state index is 6.96. The van der Waals surface area contributed by atoms with E-state index < -0.39 is 0 Å². The zero-order chi connectivity index (χ0) is 24.3. The number of benzene rings is 2. The van der Waals surface area contributed by atoms with E-state index in [4.69, 9.17) is 11.6 Å². The van der Waals surface area contributed by atoms with Gasteiger partial charge < -0.3 is 0 Å². The minimum Gasteiger partial charge on any atom is -0.291 e. The van der Waals surface area contributed by atoms with Gasteiger partial charge in [-0.25, -0.2) is 0 Å². The monoisotopic (exact) mass is 483 g/mol. The fourth-order valence-electron chi connectivity index (χ4n) is 4.81. The van der Waals surface area contributed by atoms with E-state index in [1.807, 2.05) is 0 Å². The lowest BCUT2D eigenvalue weighted by molar-refractivity contribution is 0.181. The molecule has 0 fully saturated rings. The molecular weight excluding hydrogens is 434 g/mol. The standard InChI is InChI=1S/C32H50ClN/c1-3-4-5-6-7-8-9-10-11-12-13-14-21-26-32(33)29(2)34(27-30-22-17-15-18-23-30)28-31-24-19-16-20-25-31/h15-20,22-25,29,32H,3-14,21,26-28H2,1-2H3. The molecular formula is C32H50ClN. The van der Waals surface area contributed by atoms with Crippen molar-refractivity contribution in [2.24, 2.45) is 0 Å². The third kappa shape index (κ3) is 13.0. The van der Waals surface area contributed by atoms with Gasteiger partial charge in [0.15, 0.2) is 0 Å². The Bertz CT molecular complexity index is 660. The Morgan fingerprint density at radius 3 is 1.38 bits per heavy atom. The van der Waals surface area contributed by atoms with E-state index in [0.29, 0.717) is 6.04 Å². The molecule has 0 aromatic heterocycles. The zero-order valence-electron chi connectivity index (χ0n) is 22.1. The average Bonchev–Trinajstić information content (AvgIpc) is 2.87. The van der Waals surface area contributed by atoms with E-state index in [1.165, 1.54) is 94.6 Å². The van der Waals surface area contributed by atoms with Gasteiger partial charge in [-0.05, 0) is 24.5 Å².